The van der Waals surface area contributed by atoms with E-state index in [2.05, 4.69) is 198 Å². The standard InChI is InChI=1S/C55H41N5O/c1-5-17-36(18-6-1)48-35-49(57-52(56-48)37-19-7-2-8-20-37)42-27-15-25-40(31-42)44-33-46(51-47(34-44)45-29-13-14-30-50(45)61-51)41-26-16-28-43(32-41)55-59-53(38-21-9-3-10-22-38)58-54(60-55)39-23-11-4-12-24-39/h1-35,49,53,55,59H,(H,56,57)(H,58,60). The molecule has 6 heteroatoms. The van der Waals surface area contributed by atoms with Crippen LogP contribution in [0, 0.1) is 0 Å². The number of hydrogen-bond donors (Lipinski definition) is 3. The average Bonchev–Trinajstić information content (AvgIpc) is 3.73. The van der Waals surface area contributed by atoms with E-state index in [1.54, 1.807) is 0 Å². The predicted molar refractivity (Wildman–Crippen MR) is 249 cm³/mol. The molecule has 3 atom stereocenters. The van der Waals surface area contributed by atoms with Crippen LogP contribution in [0.4, 0.5) is 0 Å². The summed E-state index contributed by atoms with van der Waals surface area (Å²) in [5.74, 6) is 1.70. The maximum atomic E-state index is 6.70. The molecule has 2 aliphatic heterocycles. The van der Waals surface area contributed by atoms with Crippen LogP contribution in [-0.2, 0) is 0 Å². The Kier molecular flexibility index (Phi) is 9.37. The molecule has 3 heterocycles. The molecule has 0 aliphatic carbocycles. The van der Waals surface area contributed by atoms with Crippen molar-refractivity contribution < 1.29 is 4.42 Å². The molecule has 0 radical (unpaired) electrons. The molecule has 0 saturated carbocycles. The topological polar surface area (TPSA) is 74.0 Å². The molecule has 3 N–H and O–H groups in total. The van der Waals surface area contributed by atoms with E-state index in [-0.39, 0.29) is 18.4 Å². The summed E-state index contributed by atoms with van der Waals surface area (Å²) in [4.78, 5) is 10.5. The van der Waals surface area contributed by atoms with Crippen molar-refractivity contribution in [3.63, 3.8) is 0 Å². The fourth-order valence-electron chi connectivity index (χ4n) is 8.51. The molecule has 8 aromatic carbocycles. The van der Waals surface area contributed by atoms with E-state index in [9.17, 15) is 0 Å². The summed E-state index contributed by atoms with van der Waals surface area (Å²) >= 11 is 0. The van der Waals surface area contributed by atoms with Crippen molar-refractivity contribution >= 4 is 39.3 Å². The Labute approximate surface area is 354 Å². The Morgan fingerprint density at radius 3 is 1.77 bits per heavy atom. The number of furan rings is 1. The lowest BCUT2D eigenvalue weighted by atomic mass is 9.92. The van der Waals surface area contributed by atoms with Gasteiger partial charge in [-0.25, -0.2) is 4.99 Å². The van der Waals surface area contributed by atoms with E-state index >= 15 is 0 Å². The molecule has 292 valence electrons. The minimum atomic E-state index is -0.298. The fraction of sp³-hybridized carbons (Fsp3) is 0.0545. The zero-order chi connectivity index (χ0) is 40.5. The number of rotatable bonds is 8. The summed E-state index contributed by atoms with van der Waals surface area (Å²) in [5.41, 5.74) is 13.6. The Hall–Kier alpha value is -7.80. The molecule has 9 aromatic rings. The van der Waals surface area contributed by atoms with E-state index < -0.39 is 0 Å². The Morgan fingerprint density at radius 2 is 1.02 bits per heavy atom. The number of para-hydroxylation sites is 1. The highest BCUT2D eigenvalue weighted by Crippen LogP contribution is 2.41. The van der Waals surface area contributed by atoms with Gasteiger partial charge >= 0.3 is 0 Å². The summed E-state index contributed by atoms with van der Waals surface area (Å²) in [6, 6.07) is 71.8. The van der Waals surface area contributed by atoms with Gasteiger partial charge in [-0.15, -0.1) is 0 Å². The minimum absolute atomic E-state index is 0.132. The number of benzene rings is 8. The second kappa shape index (κ2) is 15.8. The van der Waals surface area contributed by atoms with Gasteiger partial charge in [0.1, 0.15) is 35.2 Å². The molecule has 0 spiro atoms. The highest BCUT2D eigenvalue weighted by atomic mass is 16.3. The molecule has 0 bridgehead atoms. The Bertz CT molecular complexity index is 3060. The van der Waals surface area contributed by atoms with Gasteiger partial charge in [-0.1, -0.05) is 176 Å². The monoisotopic (exact) mass is 787 g/mol. The maximum Gasteiger partial charge on any atom is 0.143 e. The van der Waals surface area contributed by atoms with Gasteiger partial charge in [0.25, 0.3) is 0 Å². The van der Waals surface area contributed by atoms with Gasteiger partial charge in [-0.05, 0) is 75.4 Å². The molecule has 0 fully saturated rings. The zero-order valence-electron chi connectivity index (χ0n) is 33.2. The van der Waals surface area contributed by atoms with Gasteiger partial charge in [0.15, 0.2) is 0 Å². The lowest BCUT2D eigenvalue weighted by Gasteiger charge is -2.32. The van der Waals surface area contributed by atoms with Gasteiger partial charge in [0, 0.05) is 33.2 Å². The Balaban J connectivity index is 1.02. The lowest BCUT2D eigenvalue weighted by Crippen LogP contribution is -2.44. The lowest BCUT2D eigenvalue weighted by molar-refractivity contribution is 0.409. The first-order chi connectivity index (χ1) is 30.2. The first-order valence-corrected chi connectivity index (χ1v) is 20.7. The van der Waals surface area contributed by atoms with Gasteiger partial charge in [-0.3, -0.25) is 10.3 Å². The van der Waals surface area contributed by atoms with Gasteiger partial charge < -0.3 is 15.1 Å². The highest BCUT2D eigenvalue weighted by Gasteiger charge is 2.26. The molecule has 3 unspecified atom stereocenters. The highest BCUT2D eigenvalue weighted by molar-refractivity contribution is 6.11. The first kappa shape index (κ1) is 36.3. The number of aliphatic imine (C=N–C) groups is 2. The van der Waals surface area contributed by atoms with E-state index in [1.807, 2.05) is 30.3 Å². The number of fused-ring (bicyclic) bond motifs is 3. The van der Waals surface area contributed by atoms with Crippen LogP contribution in [0.1, 0.15) is 51.8 Å². The number of hydrogen-bond acceptors (Lipinski definition) is 6. The van der Waals surface area contributed by atoms with Crippen molar-refractivity contribution in [1.82, 2.24) is 16.0 Å². The molecule has 1 aromatic heterocycles. The van der Waals surface area contributed by atoms with E-state index in [0.29, 0.717) is 0 Å². The predicted octanol–water partition coefficient (Wildman–Crippen LogP) is 12.4. The third kappa shape index (κ3) is 7.20. The Morgan fingerprint density at radius 1 is 0.426 bits per heavy atom. The summed E-state index contributed by atoms with van der Waals surface area (Å²) in [7, 11) is 0. The third-order valence-electron chi connectivity index (χ3n) is 11.6. The fourth-order valence-corrected chi connectivity index (χ4v) is 8.51. The second-order valence-corrected chi connectivity index (χ2v) is 15.5. The smallest absolute Gasteiger partial charge is 0.143 e. The number of nitrogens with one attached hydrogen (secondary N) is 3. The van der Waals surface area contributed by atoms with E-state index in [0.717, 1.165) is 94.9 Å². The molecule has 61 heavy (non-hydrogen) atoms. The largest absolute Gasteiger partial charge is 0.455 e. The normalized spacial score (nSPS) is 17.5. The minimum Gasteiger partial charge on any atom is -0.455 e. The van der Waals surface area contributed by atoms with Gasteiger partial charge in [0.2, 0.25) is 0 Å². The maximum absolute atomic E-state index is 6.70. The van der Waals surface area contributed by atoms with E-state index in [1.165, 1.54) is 0 Å². The summed E-state index contributed by atoms with van der Waals surface area (Å²) < 4.78 is 6.70. The quantitative estimate of drug-likeness (QED) is 0.143. The van der Waals surface area contributed by atoms with Crippen molar-refractivity contribution in [3.8, 4) is 22.3 Å². The average molecular weight is 788 g/mol. The summed E-state index contributed by atoms with van der Waals surface area (Å²) in [6.07, 6.45) is 1.80. The second-order valence-electron chi connectivity index (χ2n) is 15.5. The van der Waals surface area contributed by atoms with E-state index in [4.69, 9.17) is 14.4 Å². The molecular formula is C55H41N5O. The molecule has 11 rings (SSSR count). The van der Waals surface area contributed by atoms with Crippen molar-refractivity contribution in [2.75, 3.05) is 0 Å². The van der Waals surface area contributed by atoms with Crippen LogP contribution in [-0.4, -0.2) is 11.7 Å². The van der Waals surface area contributed by atoms with Crippen molar-refractivity contribution in [2.45, 2.75) is 18.4 Å². The first-order valence-electron chi connectivity index (χ1n) is 20.7. The van der Waals surface area contributed by atoms with Crippen LogP contribution in [0.15, 0.2) is 227 Å². The molecular weight excluding hydrogens is 747 g/mol. The van der Waals surface area contributed by atoms with Crippen LogP contribution < -0.4 is 16.0 Å². The van der Waals surface area contributed by atoms with Gasteiger partial charge in [0.05, 0.1) is 6.04 Å². The van der Waals surface area contributed by atoms with Crippen molar-refractivity contribution in [1.29, 1.82) is 0 Å². The van der Waals surface area contributed by atoms with Gasteiger partial charge in [-0.2, -0.15) is 0 Å². The molecule has 6 nitrogen and oxygen atoms in total. The van der Waals surface area contributed by atoms with Crippen LogP contribution in [0.5, 0.6) is 0 Å². The zero-order valence-corrected chi connectivity index (χ0v) is 33.2. The number of nitrogens with zero attached hydrogens (tertiary/aromatic N) is 2. The summed E-state index contributed by atoms with van der Waals surface area (Å²) in [6.45, 7) is 0. The van der Waals surface area contributed by atoms with Crippen molar-refractivity contribution in [3.05, 3.63) is 246 Å². The van der Waals surface area contributed by atoms with Crippen LogP contribution in [0.3, 0.4) is 0 Å². The van der Waals surface area contributed by atoms with Crippen LogP contribution in [0.25, 0.3) is 49.9 Å². The van der Waals surface area contributed by atoms with Crippen LogP contribution in [0.2, 0.25) is 0 Å². The number of amidine groups is 2. The molecule has 2 aliphatic rings. The third-order valence-corrected chi connectivity index (χ3v) is 11.6. The van der Waals surface area contributed by atoms with Crippen LogP contribution >= 0.6 is 0 Å². The summed E-state index contributed by atoms with van der Waals surface area (Å²) in [5, 5.41) is 13.2. The van der Waals surface area contributed by atoms with Crippen molar-refractivity contribution in [2.24, 2.45) is 9.98 Å². The molecule has 0 saturated heterocycles. The SMILES string of the molecule is C1=C(c2ccccc2)NC(c2ccccc2)=NC1c1cccc(-c2cc(-c3cccc(C4N=C(c5ccccc5)NC(c5ccccc5)N4)c3)c3oc4ccccc4c3c2)c1. The molecule has 0 amide bonds.